The average molecular weight is 296 g/mol. The second kappa shape index (κ2) is 4.87. The van der Waals surface area contributed by atoms with Gasteiger partial charge in [0.1, 0.15) is 0 Å². The first-order valence-corrected chi connectivity index (χ1v) is 11.0. The van der Waals surface area contributed by atoms with Crippen molar-refractivity contribution in [3.63, 3.8) is 0 Å². The van der Waals surface area contributed by atoms with E-state index in [0.717, 1.165) is 5.54 Å². The lowest BCUT2D eigenvalue weighted by molar-refractivity contribution is 0.597. The highest BCUT2D eigenvalue weighted by molar-refractivity contribution is 6.95. The van der Waals surface area contributed by atoms with Crippen LogP contribution in [0.5, 0.6) is 0 Å². The van der Waals surface area contributed by atoms with Crippen molar-refractivity contribution in [1.82, 2.24) is 0 Å². The summed E-state index contributed by atoms with van der Waals surface area (Å²) in [5.41, 5.74) is 2.32. The summed E-state index contributed by atoms with van der Waals surface area (Å²) >= 11 is 0. The summed E-state index contributed by atoms with van der Waals surface area (Å²) in [4.78, 5) is 2.68. The second-order valence-corrected chi connectivity index (χ2v) is 11.7. The van der Waals surface area contributed by atoms with Crippen molar-refractivity contribution >= 4 is 18.9 Å². The van der Waals surface area contributed by atoms with Gasteiger partial charge in [0.25, 0.3) is 0 Å². The number of nitrogens with zero attached hydrogens (tertiary/aromatic N) is 1. The summed E-state index contributed by atoms with van der Waals surface area (Å²) in [7, 11) is -1.37. The normalized spacial score (nSPS) is 29.0. The maximum absolute atomic E-state index is 2.68. The predicted octanol–water partition coefficient (Wildman–Crippen LogP) is 4.23. The summed E-state index contributed by atoms with van der Waals surface area (Å²) in [5, 5.41) is 1.75. The molecule has 1 aromatic carbocycles. The molecule has 3 aliphatic rings. The molecule has 2 atom stereocenters. The van der Waals surface area contributed by atoms with Crippen molar-refractivity contribution in [2.45, 2.75) is 56.4 Å². The lowest BCUT2D eigenvalue weighted by Gasteiger charge is -2.52. The van der Waals surface area contributed by atoms with Gasteiger partial charge in [0.15, 0.2) is 0 Å². The molecule has 2 heteroatoms. The van der Waals surface area contributed by atoms with Crippen molar-refractivity contribution in [2.24, 2.45) is 0 Å². The Bertz CT molecular complexity index is 595. The van der Waals surface area contributed by atoms with Gasteiger partial charge in [-0.1, -0.05) is 67.4 Å². The Morgan fingerprint density at radius 2 is 1.76 bits per heavy atom. The lowest BCUT2D eigenvalue weighted by atomic mass is 10.0. The van der Waals surface area contributed by atoms with Gasteiger partial charge in [0.05, 0.1) is 14.1 Å². The molecule has 1 spiro atoms. The van der Waals surface area contributed by atoms with E-state index in [1.54, 1.807) is 10.9 Å². The third kappa shape index (κ3) is 1.81. The van der Waals surface area contributed by atoms with Crippen LogP contribution in [-0.4, -0.2) is 20.2 Å². The van der Waals surface area contributed by atoms with Crippen LogP contribution in [0.3, 0.4) is 0 Å². The zero-order valence-electron chi connectivity index (χ0n) is 13.1. The Morgan fingerprint density at radius 1 is 1.05 bits per heavy atom. The highest BCUT2D eigenvalue weighted by atomic mass is 28.3. The fraction of sp³-hybridized carbons (Fsp3) is 0.474. The highest BCUT2D eigenvalue weighted by Gasteiger charge is 2.53. The van der Waals surface area contributed by atoms with Gasteiger partial charge < -0.3 is 4.90 Å². The molecule has 1 aromatic rings. The van der Waals surface area contributed by atoms with Crippen LogP contribution in [0, 0.1) is 0 Å². The van der Waals surface area contributed by atoms with Crippen molar-refractivity contribution in [3.05, 3.63) is 48.6 Å². The van der Waals surface area contributed by atoms with Crippen LogP contribution in [0.4, 0.5) is 5.69 Å². The number of allylic oxidation sites excluding steroid dienone is 2. The topological polar surface area (TPSA) is 3.24 Å². The first-order valence-electron chi connectivity index (χ1n) is 8.47. The number of rotatable bonds is 1. The molecule has 0 saturated carbocycles. The summed E-state index contributed by atoms with van der Waals surface area (Å²) in [6.07, 6.45) is 12.5. The van der Waals surface area contributed by atoms with Crippen LogP contribution < -0.4 is 10.1 Å². The molecule has 0 amide bonds. The van der Waals surface area contributed by atoms with E-state index >= 15 is 0 Å². The summed E-state index contributed by atoms with van der Waals surface area (Å²) < 4.78 is 0. The fourth-order valence-corrected chi connectivity index (χ4v) is 11.2. The first-order chi connectivity index (χ1) is 10.2. The van der Waals surface area contributed by atoms with E-state index < -0.39 is 8.07 Å². The van der Waals surface area contributed by atoms with E-state index in [2.05, 4.69) is 67.3 Å². The zero-order chi connectivity index (χ0) is 14.4. The van der Waals surface area contributed by atoms with Crippen LogP contribution >= 0.6 is 0 Å². The molecule has 1 nitrogen and oxygen atoms in total. The molecule has 0 aromatic heterocycles. The minimum absolute atomic E-state index is 0.558. The molecule has 2 heterocycles. The Morgan fingerprint density at radius 3 is 2.52 bits per heavy atom. The predicted molar refractivity (Wildman–Crippen MR) is 94.1 cm³/mol. The average Bonchev–Trinajstić information content (AvgIpc) is 2.98. The fourth-order valence-electron chi connectivity index (χ4n) is 5.06. The molecule has 21 heavy (non-hydrogen) atoms. The highest BCUT2D eigenvalue weighted by Crippen LogP contribution is 2.49. The molecule has 2 unspecified atom stereocenters. The van der Waals surface area contributed by atoms with E-state index in [4.69, 9.17) is 0 Å². The second-order valence-electron chi connectivity index (χ2n) is 7.17. The number of fused-ring (bicyclic) bond motifs is 4. The lowest BCUT2D eigenvalue weighted by Crippen LogP contribution is -2.63. The molecule has 1 fully saturated rings. The smallest absolute Gasteiger partial charge is 0.0986 e. The molecule has 2 aliphatic heterocycles. The molecule has 0 N–H and O–H groups in total. The van der Waals surface area contributed by atoms with E-state index in [1.165, 1.54) is 24.9 Å². The quantitative estimate of drug-likeness (QED) is 0.701. The zero-order valence-corrected chi connectivity index (χ0v) is 14.1. The Labute approximate surface area is 129 Å². The van der Waals surface area contributed by atoms with Gasteiger partial charge in [0.2, 0.25) is 0 Å². The van der Waals surface area contributed by atoms with E-state index in [9.17, 15) is 0 Å². The Balaban J connectivity index is 1.95. The monoisotopic (exact) mass is 295 g/mol. The number of para-hydroxylation sites is 1. The minimum Gasteiger partial charge on any atom is -0.362 e. The summed E-state index contributed by atoms with van der Waals surface area (Å²) in [6, 6.07) is 13.5. The Hall–Kier alpha value is -1.28. The van der Waals surface area contributed by atoms with Crippen LogP contribution in [0.25, 0.3) is 0 Å². The van der Waals surface area contributed by atoms with Crippen molar-refractivity contribution < 1.29 is 0 Å². The molecule has 1 saturated heterocycles. The van der Waals surface area contributed by atoms with E-state index in [-0.39, 0.29) is 0 Å². The van der Waals surface area contributed by atoms with Gasteiger partial charge in [-0.05, 0) is 25.1 Å². The van der Waals surface area contributed by atoms with Gasteiger partial charge in [0, 0.05) is 17.3 Å². The summed E-state index contributed by atoms with van der Waals surface area (Å²) in [5.74, 6) is 0. The molecule has 1 aliphatic carbocycles. The van der Waals surface area contributed by atoms with Crippen LogP contribution in [0.1, 0.15) is 26.7 Å². The third-order valence-corrected chi connectivity index (χ3v) is 11.6. The standard InChI is InChI=1S/C19H25NSi/c1-15(2)20-16-9-3-5-11-18(16)21(13-7-8-14-21)19-12-6-4-10-17(19)20/h3-6,9-12,15-16,18H,7-8,13-14H2,1-2H3. The molecule has 0 radical (unpaired) electrons. The number of hydrogen-bond donors (Lipinski definition) is 0. The maximum Gasteiger partial charge on any atom is 0.0986 e. The van der Waals surface area contributed by atoms with Crippen LogP contribution in [0.2, 0.25) is 17.6 Å². The molecular weight excluding hydrogens is 270 g/mol. The largest absolute Gasteiger partial charge is 0.362 e. The van der Waals surface area contributed by atoms with Gasteiger partial charge in [-0.15, -0.1) is 0 Å². The number of hydrogen-bond acceptors (Lipinski definition) is 1. The number of benzene rings is 1. The van der Waals surface area contributed by atoms with Gasteiger partial charge in [-0.25, -0.2) is 0 Å². The van der Waals surface area contributed by atoms with Crippen molar-refractivity contribution in [3.8, 4) is 0 Å². The van der Waals surface area contributed by atoms with Gasteiger partial charge in [-0.2, -0.15) is 0 Å². The Kier molecular flexibility index (Phi) is 3.11. The summed E-state index contributed by atoms with van der Waals surface area (Å²) in [6.45, 7) is 4.68. The number of anilines is 1. The SMILES string of the molecule is CC(C)N1c2ccccc2[Si]2(CCCC2)C2C=CC=CC21. The van der Waals surface area contributed by atoms with E-state index in [0.29, 0.717) is 12.1 Å². The maximum atomic E-state index is 2.68. The van der Waals surface area contributed by atoms with Gasteiger partial charge in [-0.3, -0.25) is 0 Å². The van der Waals surface area contributed by atoms with Crippen LogP contribution in [0.15, 0.2) is 48.6 Å². The molecule has 4 rings (SSSR count). The first kappa shape index (κ1) is 13.4. The van der Waals surface area contributed by atoms with Crippen LogP contribution in [-0.2, 0) is 0 Å². The molecule has 0 bridgehead atoms. The molecule has 110 valence electrons. The van der Waals surface area contributed by atoms with E-state index in [1.807, 2.05) is 0 Å². The third-order valence-electron chi connectivity index (χ3n) is 5.84. The van der Waals surface area contributed by atoms with Gasteiger partial charge >= 0.3 is 0 Å². The van der Waals surface area contributed by atoms with Crippen molar-refractivity contribution in [2.75, 3.05) is 4.90 Å². The van der Waals surface area contributed by atoms with Crippen molar-refractivity contribution in [1.29, 1.82) is 0 Å². The minimum atomic E-state index is -1.37. The molecular formula is C19H25NSi.